The van der Waals surface area contributed by atoms with Crippen LogP contribution in [-0.4, -0.2) is 61.5 Å². The maximum absolute atomic E-state index is 12.8. The Bertz CT molecular complexity index is 622. The molecule has 1 aromatic carbocycles. The van der Waals surface area contributed by atoms with Crippen molar-refractivity contribution in [3.63, 3.8) is 0 Å². The molecule has 2 saturated heterocycles. The van der Waals surface area contributed by atoms with Gasteiger partial charge in [0.05, 0.1) is 31.0 Å². The van der Waals surface area contributed by atoms with Gasteiger partial charge in [0.1, 0.15) is 0 Å². The Kier molecular flexibility index (Phi) is 6.90. The fourth-order valence-electron chi connectivity index (χ4n) is 4.05. The minimum absolute atomic E-state index is 0.128. The molecule has 5 nitrogen and oxygen atoms in total. The van der Waals surface area contributed by atoms with Crippen LogP contribution in [0.5, 0.6) is 0 Å². The summed E-state index contributed by atoms with van der Waals surface area (Å²) in [5.41, 5.74) is 1.76. The zero-order valence-corrected chi connectivity index (χ0v) is 16.9. The predicted molar refractivity (Wildman–Crippen MR) is 105 cm³/mol. The van der Waals surface area contributed by atoms with E-state index in [2.05, 4.69) is 0 Å². The number of ether oxygens (including phenoxy) is 3. The summed E-state index contributed by atoms with van der Waals surface area (Å²) >= 11 is 0. The van der Waals surface area contributed by atoms with Gasteiger partial charge in [0.2, 0.25) is 0 Å². The topological polar surface area (TPSA) is 48.0 Å². The molecule has 0 radical (unpaired) electrons. The van der Waals surface area contributed by atoms with Gasteiger partial charge in [-0.2, -0.15) is 0 Å². The second-order valence-electron chi connectivity index (χ2n) is 8.10. The Labute approximate surface area is 163 Å². The first-order valence-corrected chi connectivity index (χ1v) is 10.2. The number of amides is 1. The average molecular weight is 376 g/mol. The number of carbonyl (C=O) groups excluding carboxylic acids is 1. The Morgan fingerprint density at radius 2 is 2.07 bits per heavy atom. The lowest BCUT2D eigenvalue weighted by atomic mass is 9.83. The van der Waals surface area contributed by atoms with Crippen LogP contribution in [0.25, 0.3) is 0 Å². The molecule has 27 heavy (non-hydrogen) atoms. The van der Waals surface area contributed by atoms with Crippen LogP contribution in [0, 0.1) is 6.92 Å². The van der Waals surface area contributed by atoms with Gasteiger partial charge in [-0.1, -0.05) is 17.7 Å². The van der Waals surface area contributed by atoms with E-state index in [4.69, 9.17) is 14.2 Å². The van der Waals surface area contributed by atoms with Crippen LogP contribution in [0.1, 0.15) is 55.5 Å². The standard InChI is InChI=1S/C22H33NO4/c1-17(2)25-13-14-26-20-7-12-27-22(16-20)8-10-23(11-9-22)21(24)19-6-4-5-18(3)15-19/h4-6,15,17,20H,7-14,16H2,1-3H3. The summed E-state index contributed by atoms with van der Waals surface area (Å²) < 4.78 is 17.8. The summed E-state index contributed by atoms with van der Waals surface area (Å²) in [6.45, 7) is 9.60. The zero-order chi connectivity index (χ0) is 19.3. The zero-order valence-electron chi connectivity index (χ0n) is 16.9. The number of piperidine rings is 1. The van der Waals surface area contributed by atoms with Crippen molar-refractivity contribution in [2.45, 2.75) is 64.3 Å². The highest BCUT2D eigenvalue weighted by Gasteiger charge is 2.41. The molecular weight excluding hydrogens is 342 g/mol. The normalized spacial score (nSPS) is 22.4. The molecule has 1 aromatic rings. The van der Waals surface area contributed by atoms with Crippen molar-refractivity contribution >= 4 is 5.91 Å². The van der Waals surface area contributed by atoms with E-state index in [0.29, 0.717) is 13.2 Å². The molecule has 1 spiro atoms. The molecule has 0 N–H and O–H groups in total. The van der Waals surface area contributed by atoms with Crippen molar-refractivity contribution in [2.75, 3.05) is 32.9 Å². The third-order valence-corrected chi connectivity index (χ3v) is 5.56. The maximum atomic E-state index is 12.8. The molecule has 1 unspecified atom stereocenters. The molecule has 0 bridgehead atoms. The lowest BCUT2D eigenvalue weighted by Crippen LogP contribution is -2.52. The van der Waals surface area contributed by atoms with Crippen molar-refractivity contribution in [1.29, 1.82) is 0 Å². The van der Waals surface area contributed by atoms with Gasteiger partial charge in [0.25, 0.3) is 5.91 Å². The molecule has 5 heteroatoms. The van der Waals surface area contributed by atoms with E-state index in [1.165, 1.54) is 0 Å². The molecule has 0 aliphatic carbocycles. The van der Waals surface area contributed by atoms with Gasteiger partial charge in [-0.05, 0) is 52.2 Å². The summed E-state index contributed by atoms with van der Waals surface area (Å²) in [6.07, 6.45) is 4.09. The highest BCUT2D eigenvalue weighted by Crippen LogP contribution is 2.36. The van der Waals surface area contributed by atoms with Crippen molar-refractivity contribution in [1.82, 2.24) is 4.90 Å². The first-order chi connectivity index (χ1) is 13.0. The van der Waals surface area contributed by atoms with Gasteiger partial charge < -0.3 is 19.1 Å². The summed E-state index contributed by atoms with van der Waals surface area (Å²) in [7, 11) is 0. The third-order valence-electron chi connectivity index (χ3n) is 5.56. The first kappa shape index (κ1) is 20.3. The van der Waals surface area contributed by atoms with Gasteiger partial charge in [-0.25, -0.2) is 0 Å². The van der Waals surface area contributed by atoms with Crippen molar-refractivity contribution in [3.05, 3.63) is 35.4 Å². The van der Waals surface area contributed by atoms with E-state index in [9.17, 15) is 4.79 Å². The van der Waals surface area contributed by atoms with E-state index in [0.717, 1.165) is 56.5 Å². The Balaban J connectivity index is 1.49. The summed E-state index contributed by atoms with van der Waals surface area (Å²) in [5.74, 6) is 0.128. The van der Waals surface area contributed by atoms with E-state index < -0.39 is 0 Å². The second kappa shape index (κ2) is 9.18. The Hall–Kier alpha value is -1.43. The predicted octanol–water partition coefficient (Wildman–Crippen LogP) is 3.59. The molecule has 2 fully saturated rings. The van der Waals surface area contributed by atoms with Gasteiger partial charge in [-0.15, -0.1) is 0 Å². The number of rotatable bonds is 6. The Morgan fingerprint density at radius 1 is 1.30 bits per heavy atom. The number of likely N-dealkylation sites (tertiary alicyclic amines) is 1. The minimum atomic E-state index is -0.134. The van der Waals surface area contributed by atoms with Crippen LogP contribution in [0.4, 0.5) is 0 Å². The number of hydrogen-bond acceptors (Lipinski definition) is 4. The van der Waals surface area contributed by atoms with E-state index in [1.807, 2.05) is 49.9 Å². The number of carbonyl (C=O) groups is 1. The van der Waals surface area contributed by atoms with Crippen LogP contribution in [0.15, 0.2) is 24.3 Å². The number of benzene rings is 1. The molecule has 1 atom stereocenters. The monoisotopic (exact) mass is 375 g/mol. The van der Waals surface area contributed by atoms with Gasteiger partial charge in [0.15, 0.2) is 0 Å². The van der Waals surface area contributed by atoms with Crippen LogP contribution in [0.3, 0.4) is 0 Å². The van der Waals surface area contributed by atoms with Gasteiger partial charge in [0, 0.05) is 31.7 Å². The SMILES string of the molecule is Cc1cccc(C(=O)N2CCC3(CC2)CC(OCCOC(C)C)CCO3)c1. The minimum Gasteiger partial charge on any atom is -0.376 e. The fourth-order valence-corrected chi connectivity index (χ4v) is 4.05. The van der Waals surface area contributed by atoms with Gasteiger partial charge in [-0.3, -0.25) is 4.79 Å². The summed E-state index contributed by atoms with van der Waals surface area (Å²) in [4.78, 5) is 14.7. The molecule has 2 aliphatic rings. The first-order valence-electron chi connectivity index (χ1n) is 10.2. The lowest BCUT2D eigenvalue weighted by Gasteiger charge is -2.46. The van der Waals surface area contributed by atoms with Crippen LogP contribution < -0.4 is 0 Å². The Morgan fingerprint density at radius 3 is 2.78 bits per heavy atom. The van der Waals surface area contributed by atoms with Gasteiger partial charge >= 0.3 is 0 Å². The smallest absolute Gasteiger partial charge is 0.253 e. The van der Waals surface area contributed by atoms with E-state index in [1.54, 1.807) is 0 Å². The van der Waals surface area contributed by atoms with Crippen LogP contribution >= 0.6 is 0 Å². The fraction of sp³-hybridized carbons (Fsp3) is 0.682. The number of hydrogen-bond donors (Lipinski definition) is 0. The van der Waals surface area contributed by atoms with E-state index >= 15 is 0 Å². The summed E-state index contributed by atoms with van der Waals surface area (Å²) in [5, 5.41) is 0. The number of nitrogens with zero attached hydrogens (tertiary/aromatic N) is 1. The molecule has 2 aliphatic heterocycles. The lowest BCUT2D eigenvalue weighted by molar-refractivity contribution is -0.156. The summed E-state index contributed by atoms with van der Waals surface area (Å²) in [6, 6.07) is 7.83. The van der Waals surface area contributed by atoms with Crippen LogP contribution in [-0.2, 0) is 14.2 Å². The van der Waals surface area contributed by atoms with Crippen molar-refractivity contribution < 1.29 is 19.0 Å². The molecule has 3 rings (SSSR count). The highest BCUT2D eigenvalue weighted by atomic mass is 16.5. The third kappa shape index (κ3) is 5.53. The van der Waals surface area contributed by atoms with Crippen molar-refractivity contribution in [3.8, 4) is 0 Å². The molecule has 0 saturated carbocycles. The molecule has 0 aromatic heterocycles. The van der Waals surface area contributed by atoms with Crippen molar-refractivity contribution in [2.24, 2.45) is 0 Å². The van der Waals surface area contributed by atoms with Crippen LogP contribution in [0.2, 0.25) is 0 Å². The molecule has 150 valence electrons. The maximum Gasteiger partial charge on any atom is 0.253 e. The molecule has 2 heterocycles. The largest absolute Gasteiger partial charge is 0.376 e. The number of aryl methyl sites for hydroxylation is 1. The average Bonchev–Trinajstić information content (AvgIpc) is 2.65. The quantitative estimate of drug-likeness (QED) is 0.713. The second-order valence-corrected chi connectivity index (χ2v) is 8.10. The van der Waals surface area contributed by atoms with E-state index in [-0.39, 0.29) is 23.7 Å². The highest BCUT2D eigenvalue weighted by molar-refractivity contribution is 5.94. The molecule has 1 amide bonds. The molecular formula is C22H33NO4.